The Kier molecular flexibility index (Phi) is 3.29. The van der Waals surface area contributed by atoms with Crippen molar-refractivity contribution in [3.63, 3.8) is 0 Å². The fraction of sp³-hybridized carbons (Fsp3) is 1.00. The smallest absolute Gasteiger partial charge is 0.0201 e. The summed E-state index contributed by atoms with van der Waals surface area (Å²) in [4.78, 5) is 0. The van der Waals surface area contributed by atoms with Crippen LogP contribution in [0.15, 0.2) is 0 Å². The van der Waals surface area contributed by atoms with Gasteiger partial charge in [-0.2, -0.15) is 0 Å². The second-order valence-electron chi connectivity index (χ2n) is 4.34. The van der Waals surface area contributed by atoms with Crippen molar-refractivity contribution in [3.8, 4) is 0 Å². The fourth-order valence-corrected chi connectivity index (χ4v) is 3.71. The lowest BCUT2D eigenvalue weighted by Crippen LogP contribution is -2.14. The molecule has 0 bridgehead atoms. The Bertz CT molecular complexity index is 133. The van der Waals surface area contributed by atoms with Crippen molar-refractivity contribution in [1.29, 1.82) is 0 Å². The van der Waals surface area contributed by atoms with Gasteiger partial charge in [0.1, 0.15) is 0 Å². The molecular weight excluding hydrogens is 261 g/mol. The van der Waals surface area contributed by atoms with E-state index in [1.54, 1.807) is 0 Å². The zero-order chi connectivity index (χ0) is 8.39. The van der Waals surface area contributed by atoms with Crippen molar-refractivity contribution in [2.45, 2.75) is 38.5 Å². The Hall–Kier alpha value is 0.690. The molecule has 2 atom stereocenters. The van der Waals surface area contributed by atoms with Gasteiger partial charge < -0.3 is 0 Å². The lowest BCUT2D eigenvalue weighted by atomic mass is 9.84. The van der Waals surface area contributed by atoms with E-state index in [0.29, 0.717) is 0 Å². The van der Waals surface area contributed by atoms with E-state index in [4.69, 9.17) is 0 Å². The Morgan fingerprint density at radius 2 is 1.33 bits per heavy atom. The van der Waals surface area contributed by atoms with E-state index in [-0.39, 0.29) is 0 Å². The van der Waals surface area contributed by atoms with Crippen LogP contribution in [0.3, 0.4) is 0 Å². The summed E-state index contributed by atoms with van der Waals surface area (Å²) in [5.74, 6) is 2.09. The zero-order valence-electron chi connectivity index (χ0n) is 7.64. The molecule has 70 valence electrons. The van der Waals surface area contributed by atoms with E-state index in [1.807, 2.05) is 0 Å². The van der Waals surface area contributed by atoms with Crippen LogP contribution in [0.25, 0.3) is 0 Å². The average molecular weight is 279 g/mol. The van der Waals surface area contributed by atoms with Gasteiger partial charge >= 0.3 is 0 Å². The molecule has 0 N–H and O–H groups in total. The van der Waals surface area contributed by atoms with E-state index >= 15 is 0 Å². The van der Waals surface area contributed by atoms with Gasteiger partial charge in [-0.05, 0) is 24.7 Å². The molecule has 0 radical (unpaired) electrons. The van der Waals surface area contributed by atoms with Crippen LogP contribution in [0.1, 0.15) is 38.5 Å². The standard InChI is InChI=1S/C10H18IN/c11-12-7-9-5-3-1-2-4-6-10(9)8-12/h9-10H,1-8H2. The molecule has 1 nitrogen and oxygen atoms in total. The number of fused-ring (bicyclic) bond motifs is 1. The van der Waals surface area contributed by atoms with Crippen molar-refractivity contribution in [1.82, 2.24) is 3.11 Å². The molecule has 1 aliphatic carbocycles. The largest absolute Gasteiger partial charge is 0.247 e. The predicted octanol–water partition coefficient (Wildman–Crippen LogP) is 3.24. The molecule has 1 saturated carbocycles. The van der Waals surface area contributed by atoms with Gasteiger partial charge in [0.2, 0.25) is 0 Å². The van der Waals surface area contributed by atoms with Crippen LogP contribution in [0.4, 0.5) is 0 Å². The molecule has 2 heteroatoms. The topological polar surface area (TPSA) is 3.24 Å². The first-order chi connectivity index (χ1) is 5.86. The molecule has 2 unspecified atom stereocenters. The summed E-state index contributed by atoms with van der Waals surface area (Å²) in [7, 11) is 0. The van der Waals surface area contributed by atoms with E-state index in [1.165, 1.54) is 51.6 Å². The van der Waals surface area contributed by atoms with Crippen LogP contribution in [-0.2, 0) is 0 Å². The highest BCUT2D eigenvalue weighted by atomic mass is 127. The van der Waals surface area contributed by atoms with E-state index in [9.17, 15) is 0 Å². The highest BCUT2D eigenvalue weighted by Gasteiger charge is 2.31. The second-order valence-corrected chi connectivity index (χ2v) is 5.70. The first-order valence-electron chi connectivity index (χ1n) is 5.27. The van der Waals surface area contributed by atoms with Gasteiger partial charge in [0.15, 0.2) is 0 Å². The van der Waals surface area contributed by atoms with Crippen molar-refractivity contribution < 1.29 is 0 Å². The minimum Gasteiger partial charge on any atom is -0.247 e. The van der Waals surface area contributed by atoms with Gasteiger partial charge in [-0.1, -0.05) is 25.7 Å². The molecule has 2 rings (SSSR count). The summed E-state index contributed by atoms with van der Waals surface area (Å²) in [5, 5.41) is 0. The number of halogens is 1. The molecule has 0 amide bonds. The van der Waals surface area contributed by atoms with Crippen molar-refractivity contribution >= 4 is 22.9 Å². The Morgan fingerprint density at radius 3 is 1.83 bits per heavy atom. The summed E-state index contributed by atoms with van der Waals surface area (Å²) in [6, 6.07) is 0. The van der Waals surface area contributed by atoms with Gasteiger partial charge in [0.25, 0.3) is 0 Å². The van der Waals surface area contributed by atoms with Gasteiger partial charge in [-0.15, -0.1) is 0 Å². The monoisotopic (exact) mass is 279 g/mol. The van der Waals surface area contributed by atoms with E-state index in [2.05, 4.69) is 26.0 Å². The summed E-state index contributed by atoms with van der Waals surface area (Å²) in [6.45, 7) is 2.73. The number of hydrogen-bond donors (Lipinski definition) is 0. The Labute approximate surface area is 89.4 Å². The molecule has 1 aliphatic heterocycles. The third-order valence-electron chi connectivity index (χ3n) is 3.43. The lowest BCUT2D eigenvalue weighted by Gasteiger charge is -2.20. The highest BCUT2D eigenvalue weighted by molar-refractivity contribution is 14.1. The first kappa shape index (κ1) is 9.25. The van der Waals surface area contributed by atoms with Gasteiger partial charge in [-0.25, -0.2) is 3.11 Å². The molecule has 1 heterocycles. The van der Waals surface area contributed by atoms with Gasteiger partial charge in [0, 0.05) is 36.0 Å². The first-order valence-corrected chi connectivity index (χ1v) is 6.23. The molecule has 0 spiro atoms. The van der Waals surface area contributed by atoms with Crippen LogP contribution in [0, 0.1) is 11.8 Å². The molecule has 2 aliphatic rings. The lowest BCUT2D eigenvalue weighted by molar-refractivity contribution is 0.324. The van der Waals surface area contributed by atoms with E-state index in [0.717, 1.165) is 11.8 Å². The fourth-order valence-electron chi connectivity index (χ4n) is 2.70. The molecule has 0 aromatic rings. The molecule has 0 aromatic heterocycles. The van der Waals surface area contributed by atoms with Crippen molar-refractivity contribution in [3.05, 3.63) is 0 Å². The maximum atomic E-state index is 2.50. The normalized spacial score (nSPS) is 38.8. The predicted molar refractivity (Wildman–Crippen MR) is 60.3 cm³/mol. The average Bonchev–Trinajstić information content (AvgIpc) is 2.32. The second kappa shape index (κ2) is 4.27. The van der Waals surface area contributed by atoms with Crippen LogP contribution >= 0.6 is 22.9 Å². The molecule has 1 saturated heterocycles. The summed E-state index contributed by atoms with van der Waals surface area (Å²) < 4.78 is 2.50. The summed E-state index contributed by atoms with van der Waals surface area (Å²) >= 11 is 2.50. The molecular formula is C10H18IN. The molecule has 2 fully saturated rings. The molecule has 12 heavy (non-hydrogen) atoms. The molecule has 0 aromatic carbocycles. The zero-order valence-corrected chi connectivity index (χ0v) is 9.79. The maximum absolute atomic E-state index is 2.50. The Balaban J connectivity index is 1.92. The minimum atomic E-state index is 1.04. The number of nitrogens with zero attached hydrogens (tertiary/aromatic N) is 1. The SMILES string of the molecule is IN1CC2CCCCCCC2C1. The van der Waals surface area contributed by atoms with Gasteiger partial charge in [-0.3, -0.25) is 0 Å². The Morgan fingerprint density at radius 1 is 0.833 bits per heavy atom. The summed E-state index contributed by atoms with van der Waals surface area (Å²) in [5.41, 5.74) is 0. The van der Waals surface area contributed by atoms with E-state index < -0.39 is 0 Å². The third-order valence-corrected chi connectivity index (χ3v) is 4.22. The number of rotatable bonds is 0. The van der Waals surface area contributed by atoms with Gasteiger partial charge in [0.05, 0.1) is 0 Å². The maximum Gasteiger partial charge on any atom is 0.0201 e. The highest BCUT2D eigenvalue weighted by Crippen LogP contribution is 2.35. The summed E-state index contributed by atoms with van der Waals surface area (Å²) in [6.07, 6.45) is 8.97. The van der Waals surface area contributed by atoms with Crippen LogP contribution in [0.2, 0.25) is 0 Å². The van der Waals surface area contributed by atoms with Crippen LogP contribution in [-0.4, -0.2) is 16.2 Å². The minimum absolute atomic E-state index is 1.04. The third kappa shape index (κ3) is 2.13. The van der Waals surface area contributed by atoms with Crippen LogP contribution in [0.5, 0.6) is 0 Å². The van der Waals surface area contributed by atoms with Crippen LogP contribution < -0.4 is 0 Å². The van der Waals surface area contributed by atoms with Crippen molar-refractivity contribution in [2.75, 3.05) is 13.1 Å². The van der Waals surface area contributed by atoms with Crippen molar-refractivity contribution in [2.24, 2.45) is 11.8 Å². The number of hydrogen-bond acceptors (Lipinski definition) is 1. The quantitative estimate of drug-likeness (QED) is 0.486.